The van der Waals surface area contributed by atoms with Crippen molar-refractivity contribution in [1.29, 1.82) is 0 Å². The van der Waals surface area contributed by atoms with Gasteiger partial charge in [-0.1, -0.05) is 17.7 Å². The van der Waals surface area contributed by atoms with E-state index in [0.29, 0.717) is 25.2 Å². The number of anilines is 1. The van der Waals surface area contributed by atoms with Crippen LogP contribution in [0.4, 0.5) is 27.6 Å². The highest BCUT2D eigenvalue weighted by atomic mass is 35.5. The highest BCUT2D eigenvalue weighted by Crippen LogP contribution is 2.34. The van der Waals surface area contributed by atoms with Crippen molar-refractivity contribution in [1.82, 2.24) is 9.78 Å². The van der Waals surface area contributed by atoms with Crippen LogP contribution in [0.2, 0.25) is 5.02 Å². The smallest absolute Gasteiger partial charge is 0.425 e. The van der Waals surface area contributed by atoms with Crippen molar-refractivity contribution in [3.8, 4) is 17.0 Å². The minimum atomic E-state index is -4.79. The number of hydrogen-bond donors (Lipinski definition) is 2. The molecule has 3 aromatic rings. The Morgan fingerprint density at radius 1 is 1.24 bits per heavy atom. The normalized spacial score (nSPS) is 12.5. The summed E-state index contributed by atoms with van der Waals surface area (Å²) < 4.78 is 74.9. The Morgan fingerprint density at radius 2 is 1.94 bits per heavy atom. The molecule has 0 radical (unpaired) electrons. The van der Waals surface area contributed by atoms with Crippen molar-refractivity contribution in [2.75, 3.05) is 5.32 Å². The van der Waals surface area contributed by atoms with Gasteiger partial charge in [-0.15, -0.1) is 0 Å². The zero-order valence-electron chi connectivity index (χ0n) is 17.9. The minimum Gasteiger partial charge on any atom is -0.480 e. The molecule has 0 aliphatic rings. The number of carbonyl (C=O) groups is 1. The first-order chi connectivity index (χ1) is 16.0. The molecular formula is C22H19ClF5N3O3. The molecule has 1 unspecified atom stereocenters. The molecule has 182 valence electrons. The van der Waals surface area contributed by atoms with E-state index in [0.717, 1.165) is 12.1 Å². The van der Waals surface area contributed by atoms with E-state index in [1.807, 2.05) is 0 Å². The molecule has 2 aromatic carbocycles. The summed E-state index contributed by atoms with van der Waals surface area (Å²) in [7, 11) is 0. The first-order valence-corrected chi connectivity index (χ1v) is 10.3. The van der Waals surface area contributed by atoms with E-state index in [-0.39, 0.29) is 16.3 Å². The van der Waals surface area contributed by atoms with Crippen LogP contribution < -0.4 is 10.1 Å². The zero-order chi connectivity index (χ0) is 25.2. The number of aliphatic hydroxyl groups excluding tert-OH is 1. The van der Waals surface area contributed by atoms with Gasteiger partial charge in [-0.2, -0.15) is 18.3 Å². The van der Waals surface area contributed by atoms with Gasteiger partial charge in [0.25, 0.3) is 5.91 Å². The molecule has 0 saturated carbocycles. The van der Waals surface area contributed by atoms with Gasteiger partial charge in [-0.25, -0.2) is 8.78 Å². The predicted octanol–water partition coefficient (Wildman–Crippen LogP) is 5.58. The molecule has 12 heteroatoms. The van der Waals surface area contributed by atoms with E-state index in [4.69, 9.17) is 16.3 Å². The lowest BCUT2D eigenvalue weighted by atomic mass is 10.1. The molecule has 6 nitrogen and oxygen atoms in total. The summed E-state index contributed by atoms with van der Waals surface area (Å²) in [6.07, 6.45) is -7.14. The molecule has 0 aliphatic carbocycles. The number of aromatic nitrogens is 2. The molecule has 34 heavy (non-hydrogen) atoms. The Labute approximate surface area is 195 Å². The van der Waals surface area contributed by atoms with E-state index in [1.165, 1.54) is 22.9 Å². The topological polar surface area (TPSA) is 76.4 Å². The number of alkyl halides is 3. The molecule has 0 spiro atoms. The van der Waals surface area contributed by atoms with E-state index < -0.39 is 53.4 Å². The van der Waals surface area contributed by atoms with Crippen molar-refractivity contribution in [2.45, 2.75) is 39.3 Å². The van der Waals surface area contributed by atoms with E-state index >= 15 is 4.39 Å². The molecular weight excluding hydrogens is 485 g/mol. The SMILES string of the molecule is CCn1nc(-c2cc(OC(C)C(F)(F)F)c(C(=O)Nc3c(F)cccc3Cl)cc2F)cc1CO. The molecule has 2 N–H and O–H groups in total. The first-order valence-electron chi connectivity index (χ1n) is 9.96. The monoisotopic (exact) mass is 503 g/mol. The number of aryl methyl sites for hydroxylation is 1. The maximum Gasteiger partial charge on any atom is 0.425 e. The minimum absolute atomic E-state index is 0.0111. The lowest BCUT2D eigenvalue weighted by Crippen LogP contribution is -2.32. The second-order valence-electron chi connectivity index (χ2n) is 7.18. The molecule has 0 aliphatic heterocycles. The first kappa shape index (κ1) is 25.4. The number of para-hydroxylation sites is 1. The quantitative estimate of drug-likeness (QED) is 0.413. The number of benzene rings is 2. The zero-order valence-corrected chi connectivity index (χ0v) is 18.6. The van der Waals surface area contributed by atoms with E-state index in [9.17, 15) is 27.5 Å². The molecule has 1 aromatic heterocycles. The van der Waals surface area contributed by atoms with Crippen LogP contribution in [0.3, 0.4) is 0 Å². The number of ether oxygens (including phenoxy) is 1. The fourth-order valence-corrected chi connectivity index (χ4v) is 3.28. The summed E-state index contributed by atoms with van der Waals surface area (Å²) in [5.41, 5.74) is -0.945. The highest BCUT2D eigenvalue weighted by molar-refractivity contribution is 6.34. The number of aliphatic hydroxyl groups is 1. The maximum absolute atomic E-state index is 15.0. The second kappa shape index (κ2) is 9.98. The van der Waals surface area contributed by atoms with Crippen LogP contribution in [-0.4, -0.2) is 33.1 Å². The Kier molecular flexibility index (Phi) is 7.47. The Bertz CT molecular complexity index is 1170. The van der Waals surface area contributed by atoms with Crippen LogP contribution in [0, 0.1) is 11.6 Å². The predicted molar refractivity (Wildman–Crippen MR) is 115 cm³/mol. The third-order valence-electron chi connectivity index (χ3n) is 4.88. The Balaban J connectivity index is 2.10. The fourth-order valence-electron chi connectivity index (χ4n) is 3.07. The third-order valence-corrected chi connectivity index (χ3v) is 5.20. The number of carbonyl (C=O) groups excluding carboxylic acids is 1. The second-order valence-corrected chi connectivity index (χ2v) is 7.58. The molecule has 0 saturated heterocycles. The summed E-state index contributed by atoms with van der Waals surface area (Å²) in [6, 6.07) is 6.52. The van der Waals surface area contributed by atoms with Crippen LogP contribution in [-0.2, 0) is 13.2 Å². The molecule has 1 heterocycles. The Morgan fingerprint density at radius 3 is 2.50 bits per heavy atom. The molecule has 1 amide bonds. The van der Waals surface area contributed by atoms with Gasteiger partial charge >= 0.3 is 6.18 Å². The maximum atomic E-state index is 15.0. The van der Waals surface area contributed by atoms with E-state index in [2.05, 4.69) is 10.4 Å². The number of rotatable bonds is 7. The van der Waals surface area contributed by atoms with Crippen molar-refractivity contribution < 1.29 is 36.6 Å². The number of nitrogens with zero attached hydrogens (tertiary/aromatic N) is 2. The van der Waals surface area contributed by atoms with Crippen LogP contribution in [0.15, 0.2) is 36.4 Å². The van der Waals surface area contributed by atoms with Crippen LogP contribution in [0.1, 0.15) is 29.9 Å². The average molecular weight is 504 g/mol. The number of hydrogen-bond acceptors (Lipinski definition) is 4. The number of amides is 1. The van der Waals surface area contributed by atoms with Crippen LogP contribution in [0.5, 0.6) is 5.75 Å². The van der Waals surface area contributed by atoms with Gasteiger partial charge in [0, 0.05) is 12.1 Å². The third kappa shape index (κ3) is 5.31. The van der Waals surface area contributed by atoms with Gasteiger partial charge in [-0.05, 0) is 44.2 Å². The van der Waals surface area contributed by atoms with Gasteiger partial charge in [0.2, 0.25) is 0 Å². The Hall–Kier alpha value is -3.18. The summed E-state index contributed by atoms with van der Waals surface area (Å²) in [5.74, 6) is -3.65. The number of nitrogens with one attached hydrogen (secondary N) is 1. The van der Waals surface area contributed by atoms with Crippen LogP contribution in [0.25, 0.3) is 11.3 Å². The van der Waals surface area contributed by atoms with Gasteiger partial charge in [-0.3, -0.25) is 9.48 Å². The van der Waals surface area contributed by atoms with Crippen molar-refractivity contribution in [2.24, 2.45) is 0 Å². The molecule has 0 bridgehead atoms. The number of halogens is 6. The molecule has 0 fully saturated rings. The average Bonchev–Trinajstić information content (AvgIpc) is 3.19. The summed E-state index contributed by atoms with van der Waals surface area (Å²) in [6.45, 7) is 2.39. The van der Waals surface area contributed by atoms with Crippen LogP contribution >= 0.6 is 11.6 Å². The fraction of sp³-hybridized carbons (Fsp3) is 0.273. The van der Waals surface area contributed by atoms with Crippen molar-refractivity contribution in [3.63, 3.8) is 0 Å². The van der Waals surface area contributed by atoms with Gasteiger partial charge in [0.1, 0.15) is 17.4 Å². The van der Waals surface area contributed by atoms with Gasteiger partial charge < -0.3 is 15.2 Å². The van der Waals surface area contributed by atoms with Crippen molar-refractivity contribution in [3.05, 3.63) is 64.3 Å². The molecule has 3 rings (SSSR count). The standard InChI is InChI=1S/C22H19ClF5N3O3/c1-3-31-12(10-32)7-18(30-31)13-9-19(34-11(2)22(26,27)28)14(8-17(13)25)21(33)29-20-15(23)5-4-6-16(20)24/h4-9,11,32H,3,10H2,1-2H3,(H,29,33). The highest BCUT2D eigenvalue weighted by Gasteiger charge is 2.39. The lowest BCUT2D eigenvalue weighted by Gasteiger charge is -2.20. The van der Waals surface area contributed by atoms with Crippen molar-refractivity contribution >= 4 is 23.2 Å². The summed E-state index contributed by atoms with van der Waals surface area (Å²) in [5, 5.41) is 15.6. The summed E-state index contributed by atoms with van der Waals surface area (Å²) >= 11 is 5.89. The largest absolute Gasteiger partial charge is 0.480 e. The summed E-state index contributed by atoms with van der Waals surface area (Å²) in [4.78, 5) is 12.8. The van der Waals surface area contributed by atoms with E-state index in [1.54, 1.807) is 6.92 Å². The molecule has 1 atom stereocenters. The van der Waals surface area contributed by atoms with Gasteiger partial charge in [0.15, 0.2) is 6.10 Å². The van der Waals surface area contributed by atoms with Gasteiger partial charge in [0.05, 0.1) is 34.3 Å². The lowest BCUT2D eigenvalue weighted by molar-refractivity contribution is -0.189.